The molecule has 0 spiro atoms. The maximum absolute atomic E-state index is 13.5. The molecule has 0 bridgehead atoms. The Labute approximate surface area is 180 Å². The second kappa shape index (κ2) is 8.03. The maximum Gasteiger partial charge on any atom is 0.223 e. The highest BCUT2D eigenvalue weighted by Crippen LogP contribution is 2.55. The van der Waals surface area contributed by atoms with Crippen LogP contribution < -0.4 is 5.32 Å². The highest BCUT2D eigenvalue weighted by atomic mass is 16.2. The van der Waals surface area contributed by atoms with Crippen molar-refractivity contribution in [2.24, 2.45) is 11.3 Å². The van der Waals surface area contributed by atoms with Gasteiger partial charge in [-0.15, -0.1) is 0 Å². The molecule has 1 saturated carbocycles. The minimum absolute atomic E-state index is 0.00690. The normalized spacial score (nSPS) is 28.7. The number of carbonyl (C=O) groups excluding carboxylic acids is 1. The Morgan fingerprint density at radius 3 is 2.80 bits per heavy atom. The number of para-hydroxylation sites is 1. The number of benzene rings is 1. The van der Waals surface area contributed by atoms with Crippen molar-refractivity contribution in [1.82, 2.24) is 15.2 Å². The van der Waals surface area contributed by atoms with Crippen LogP contribution in [0.2, 0.25) is 0 Å². The molecule has 2 aromatic rings. The summed E-state index contributed by atoms with van der Waals surface area (Å²) in [5.74, 6) is 0.309. The van der Waals surface area contributed by atoms with Crippen LogP contribution >= 0.6 is 0 Å². The summed E-state index contributed by atoms with van der Waals surface area (Å²) in [5.41, 5.74) is 4.12. The first-order chi connectivity index (χ1) is 14.6. The van der Waals surface area contributed by atoms with Crippen LogP contribution in [0.1, 0.15) is 82.5 Å². The van der Waals surface area contributed by atoms with Gasteiger partial charge in [0, 0.05) is 40.5 Å². The molecule has 2 N–H and O–H groups in total. The minimum atomic E-state index is -0.00690. The van der Waals surface area contributed by atoms with Crippen molar-refractivity contribution in [2.45, 2.75) is 83.7 Å². The van der Waals surface area contributed by atoms with E-state index in [1.807, 2.05) is 0 Å². The first kappa shape index (κ1) is 20.1. The van der Waals surface area contributed by atoms with Gasteiger partial charge in [0.25, 0.3) is 0 Å². The lowest BCUT2D eigenvalue weighted by Crippen LogP contribution is -2.55. The van der Waals surface area contributed by atoms with Crippen LogP contribution in [0, 0.1) is 11.3 Å². The molecule has 2 fully saturated rings. The van der Waals surface area contributed by atoms with Crippen molar-refractivity contribution in [3.05, 3.63) is 35.5 Å². The Bertz CT molecular complexity index is 912. The average Bonchev–Trinajstić information content (AvgIpc) is 3.17. The second-order valence-corrected chi connectivity index (χ2v) is 10.0. The lowest BCUT2D eigenvalue weighted by molar-refractivity contribution is -0.135. The van der Waals surface area contributed by atoms with Crippen molar-refractivity contribution in [2.75, 3.05) is 13.1 Å². The van der Waals surface area contributed by atoms with Crippen LogP contribution in [0.3, 0.4) is 0 Å². The van der Waals surface area contributed by atoms with Crippen LogP contribution in [0.4, 0.5) is 0 Å². The summed E-state index contributed by atoms with van der Waals surface area (Å²) in [6.07, 6.45) is 10.6. The molecule has 1 unspecified atom stereocenters. The van der Waals surface area contributed by atoms with E-state index in [0.717, 1.165) is 45.2 Å². The third-order valence-corrected chi connectivity index (χ3v) is 8.63. The summed E-state index contributed by atoms with van der Waals surface area (Å²) in [6, 6.07) is 9.44. The summed E-state index contributed by atoms with van der Waals surface area (Å²) in [4.78, 5) is 20.0. The van der Waals surface area contributed by atoms with Gasteiger partial charge in [-0.1, -0.05) is 51.3 Å². The molecule has 1 aliphatic carbocycles. The van der Waals surface area contributed by atoms with Crippen LogP contribution in [-0.4, -0.2) is 34.9 Å². The van der Waals surface area contributed by atoms with Gasteiger partial charge >= 0.3 is 0 Å². The van der Waals surface area contributed by atoms with E-state index in [1.54, 1.807) is 0 Å². The Hall–Kier alpha value is -1.81. The van der Waals surface area contributed by atoms with E-state index in [4.69, 9.17) is 0 Å². The number of piperidine rings is 1. The van der Waals surface area contributed by atoms with Gasteiger partial charge in [0.1, 0.15) is 0 Å². The molecule has 1 amide bonds. The van der Waals surface area contributed by atoms with E-state index >= 15 is 0 Å². The largest absolute Gasteiger partial charge is 0.357 e. The number of fused-ring (bicyclic) bond motifs is 5. The number of H-pyrrole nitrogens is 1. The molecule has 5 rings (SSSR count). The molecular formula is C26H37N3O. The highest BCUT2D eigenvalue weighted by Gasteiger charge is 2.52. The molecule has 3 atom stereocenters. The number of aromatic nitrogens is 1. The fourth-order valence-electron chi connectivity index (χ4n) is 6.89. The first-order valence-electron chi connectivity index (χ1n) is 12.3. The third-order valence-electron chi connectivity index (χ3n) is 8.63. The number of aromatic amines is 1. The van der Waals surface area contributed by atoms with Crippen LogP contribution in [0.15, 0.2) is 24.3 Å². The monoisotopic (exact) mass is 407 g/mol. The zero-order valence-electron chi connectivity index (χ0n) is 18.7. The number of nitrogens with one attached hydrogen (secondary N) is 2. The van der Waals surface area contributed by atoms with Crippen LogP contribution in [0.25, 0.3) is 10.9 Å². The van der Waals surface area contributed by atoms with E-state index in [0.29, 0.717) is 12.1 Å². The molecule has 1 aromatic carbocycles. The van der Waals surface area contributed by atoms with Crippen LogP contribution in [0.5, 0.6) is 0 Å². The van der Waals surface area contributed by atoms with Gasteiger partial charge in [0.2, 0.25) is 5.91 Å². The minimum Gasteiger partial charge on any atom is -0.357 e. The number of nitrogens with zero attached hydrogens (tertiary/aromatic N) is 1. The van der Waals surface area contributed by atoms with E-state index in [9.17, 15) is 4.79 Å². The average molecular weight is 408 g/mol. The summed E-state index contributed by atoms with van der Waals surface area (Å²) in [6.45, 7) is 6.78. The highest BCUT2D eigenvalue weighted by molar-refractivity contribution is 5.85. The molecule has 1 saturated heterocycles. The second-order valence-electron chi connectivity index (χ2n) is 10.0. The third kappa shape index (κ3) is 3.19. The van der Waals surface area contributed by atoms with Gasteiger partial charge in [-0.3, -0.25) is 9.69 Å². The van der Waals surface area contributed by atoms with Crippen molar-refractivity contribution in [1.29, 1.82) is 0 Å². The Balaban J connectivity index is 1.50. The number of amides is 1. The van der Waals surface area contributed by atoms with Crippen molar-refractivity contribution >= 4 is 16.8 Å². The molecule has 0 radical (unpaired) electrons. The van der Waals surface area contributed by atoms with Gasteiger partial charge in [-0.05, 0) is 56.7 Å². The van der Waals surface area contributed by atoms with E-state index in [-0.39, 0.29) is 17.2 Å². The lowest BCUT2D eigenvalue weighted by atomic mass is 9.61. The predicted molar refractivity (Wildman–Crippen MR) is 122 cm³/mol. The molecule has 1 aromatic heterocycles. The molecular weight excluding hydrogens is 370 g/mol. The number of rotatable bonds is 4. The molecule has 3 aliphatic rings. The SMILES string of the molecule is CC[C@@]1(C(C)C(=O)NC2CCCCC2)CCCN2CCc3c([nH]c4ccccc34)[C@@H]21. The van der Waals surface area contributed by atoms with Gasteiger partial charge < -0.3 is 10.3 Å². The standard InChI is InChI=1S/C26H37N3O/c1-3-26(18(2)25(30)27-19-10-5-4-6-11-19)15-9-16-29-17-14-21-20-12-7-8-13-22(20)28-23(21)24(26)29/h7-8,12-13,18-19,24,28H,3-6,9-11,14-17H2,1-2H3,(H,27,30)/t18?,24-,26+/m1/s1. The van der Waals surface area contributed by atoms with Crippen molar-refractivity contribution in [3.8, 4) is 0 Å². The molecule has 4 heteroatoms. The fraction of sp³-hybridized carbons (Fsp3) is 0.654. The number of hydrogen-bond donors (Lipinski definition) is 2. The summed E-state index contributed by atoms with van der Waals surface area (Å²) >= 11 is 0. The summed E-state index contributed by atoms with van der Waals surface area (Å²) < 4.78 is 0. The Morgan fingerprint density at radius 2 is 2.00 bits per heavy atom. The molecule has 30 heavy (non-hydrogen) atoms. The van der Waals surface area contributed by atoms with Gasteiger partial charge in [-0.25, -0.2) is 0 Å². The van der Waals surface area contributed by atoms with Crippen molar-refractivity contribution < 1.29 is 4.79 Å². The van der Waals surface area contributed by atoms with E-state index in [1.165, 1.54) is 47.8 Å². The Kier molecular flexibility index (Phi) is 5.38. The molecule has 3 heterocycles. The topological polar surface area (TPSA) is 48.1 Å². The zero-order valence-corrected chi connectivity index (χ0v) is 18.7. The summed E-state index contributed by atoms with van der Waals surface area (Å²) in [5, 5.41) is 4.83. The number of carbonyl (C=O) groups is 1. The van der Waals surface area contributed by atoms with E-state index < -0.39 is 0 Å². The van der Waals surface area contributed by atoms with E-state index in [2.05, 4.69) is 53.3 Å². The lowest BCUT2D eigenvalue weighted by Gasteiger charge is -2.54. The molecule has 4 nitrogen and oxygen atoms in total. The Morgan fingerprint density at radius 1 is 1.20 bits per heavy atom. The van der Waals surface area contributed by atoms with Crippen LogP contribution in [-0.2, 0) is 11.2 Å². The van der Waals surface area contributed by atoms with Gasteiger partial charge in [-0.2, -0.15) is 0 Å². The zero-order chi connectivity index (χ0) is 20.7. The first-order valence-corrected chi connectivity index (χ1v) is 12.3. The van der Waals surface area contributed by atoms with Gasteiger partial charge in [0.05, 0.1) is 6.04 Å². The molecule has 162 valence electrons. The number of hydrogen-bond acceptors (Lipinski definition) is 2. The smallest absolute Gasteiger partial charge is 0.223 e. The summed E-state index contributed by atoms with van der Waals surface area (Å²) in [7, 11) is 0. The fourth-order valence-corrected chi connectivity index (χ4v) is 6.89. The van der Waals surface area contributed by atoms with Crippen molar-refractivity contribution in [3.63, 3.8) is 0 Å². The quantitative estimate of drug-likeness (QED) is 0.718. The van der Waals surface area contributed by atoms with Gasteiger partial charge in [0.15, 0.2) is 0 Å². The maximum atomic E-state index is 13.5. The predicted octanol–water partition coefficient (Wildman–Crippen LogP) is 5.34. The molecule has 2 aliphatic heterocycles.